The molecule has 0 atom stereocenters. The zero-order valence-electron chi connectivity index (χ0n) is 11.8. The summed E-state index contributed by atoms with van der Waals surface area (Å²) in [7, 11) is 0. The topological polar surface area (TPSA) is 49.9 Å². The molecule has 3 rings (SSSR count). The summed E-state index contributed by atoms with van der Waals surface area (Å²) in [5.41, 5.74) is 1.02. The van der Waals surface area contributed by atoms with Gasteiger partial charge in [-0.25, -0.2) is 0 Å². The molecular formula is C18H11Cl2NO2. The number of halogens is 2. The molecule has 2 aromatic carbocycles. The Labute approximate surface area is 142 Å². The number of H-pyrrole nitrogens is 1. The number of rotatable bonds is 3. The van der Waals surface area contributed by atoms with Crippen LogP contribution in [0.2, 0.25) is 10.0 Å². The maximum atomic E-state index is 12.3. The van der Waals surface area contributed by atoms with Gasteiger partial charge in [-0.1, -0.05) is 47.5 Å². The third-order valence-corrected chi connectivity index (χ3v) is 3.96. The Kier molecular flexibility index (Phi) is 4.33. The highest BCUT2D eigenvalue weighted by Gasteiger charge is 2.09. The van der Waals surface area contributed by atoms with E-state index in [0.29, 0.717) is 21.1 Å². The van der Waals surface area contributed by atoms with Crippen molar-refractivity contribution in [1.82, 2.24) is 4.98 Å². The van der Waals surface area contributed by atoms with E-state index in [9.17, 15) is 9.59 Å². The third-order valence-electron chi connectivity index (χ3n) is 3.40. The van der Waals surface area contributed by atoms with Gasteiger partial charge >= 0.3 is 0 Å². The molecule has 0 saturated carbocycles. The van der Waals surface area contributed by atoms with E-state index in [-0.39, 0.29) is 11.3 Å². The van der Waals surface area contributed by atoms with Crippen molar-refractivity contribution >= 4 is 46.0 Å². The Balaban J connectivity index is 1.95. The summed E-state index contributed by atoms with van der Waals surface area (Å²) in [6, 6.07) is 13.9. The van der Waals surface area contributed by atoms with Crippen LogP contribution in [0.4, 0.5) is 0 Å². The van der Waals surface area contributed by atoms with Gasteiger partial charge in [0, 0.05) is 15.6 Å². The summed E-state index contributed by atoms with van der Waals surface area (Å²) in [5.74, 6) is -0.386. The minimum Gasteiger partial charge on any atom is -0.321 e. The van der Waals surface area contributed by atoms with E-state index in [4.69, 9.17) is 23.2 Å². The lowest BCUT2D eigenvalue weighted by Crippen LogP contribution is -2.16. The summed E-state index contributed by atoms with van der Waals surface area (Å²) in [5, 5.41) is 1.76. The van der Waals surface area contributed by atoms with E-state index in [1.807, 2.05) is 18.2 Å². The molecule has 0 bridgehead atoms. The lowest BCUT2D eigenvalue weighted by Gasteiger charge is -2.01. The molecule has 0 aliphatic heterocycles. The minimum absolute atomic E-state index is 0.0880. The zero-order chi connectivity index (χ0) is 16.4. The first-order valence-corrected chi connectivity index (χ1v) is 7.60. The smallest absolute Gasteiger partial charge is 0.259 e. The van der Waals surface area contributed by atoms with Crippen molar-refractivity contribution in [1.29, 1.82) is 0 Å². The molecule has 0 aliphatic carbocycles. The van der Waals surface area contributed by atoms with Crippen LogP contribution in [0.1, 0.15) is 15.9 Å². The van der Waals surface area contributed by atoms with E-state index in [1.165, 1.54) is 6.08 Å². The number of fused-ring (bicyclic) bond motifs is 1. The monoisotopic (exact) mass is 343 g/mol. The van der Waals surface area contributed by atoms with Crippen molar-refractivity contribution in [2.75, 3.05) is 0 Å². The van der Waals surface area contributed by atoms with Gasteiger partial charge in [0.25, 0.3) is 5.56 Å². The van der Waals surface area contributed by atoms with Crippen LogP contribution in [-0.2, 0) is 0 Å². The largest absolute Gasteiger partial charge is 0.321 e. The molecule has 0 unspecified atom stereocenters. The quantitative estimate of drug-likeness (QED) is 0.552. The van der Waals surface area contributed by atoms with Crippen LogP contribution in [0.3, 0.4) is 0 Å². The van der Waals surface area contributed by atoms with E-state index in [2.05, 4.69) is 4.98 Å². The number of pyridine rings is 1. The number of carbonyl (C=O) groups is 1. The Bertz CT molecular complexity index is 990. The Morgan fingerprint density at radius 3 is 2.61 bits per heavy atom. The van der Waals surface area contributed by atoms with Gasteiger partial charge in [-0.05, 0) is 47.4 Å². The minimum atomic E-state index is -0.416. The fourth-order valence-corrected chi connectivity index (χ4v) is 2.69. The molecule has 1 aromatic heterocycles. The summed E-state index contributed by atoms with van der Waals surface area (Å²) in [4.78, 5) is 27.0. The van der Waals surface area contributed by atoms with Gasteiger partial charge in [0.1, 0.15) is 0 Å². The van der Waals surface area contributed by atoms with E-state index in [0.717, 1.165) is 5.39 Å². The summed E-state index contributed by atoms with van der Waals surface area (Å²) < 4.78 is 0. The molecule has 0 radical (unpaired) electrons. The molecule has 23 heavy (non-hydrogen) atoms. The first-order chi connectivity index (χ1) is 11.0. The number of hydrogen-bond acceptors (Lipinski definition) is 2. The normalized spacial score (nSPS) is 11.2. The molecule has 1 heterocycles. The van der Waals surface area contributed by atoms with Crippen molar-refractivity contribution < 1.29 is 4.79 Å². The molecule has 114 valence electrons. The average molecular weight is 344 g/mol. The number of ketones is 1. The standard InChI is InChI=1S/C18H11Cl2NO2/c19-13-7-5-11(15(20)10-13)6-8-17(22)14-9-12-3-1-2-4-16(12)21-18(14)23/h1-10H,(H,21,23)/b8-6+. The Hall–Kier alpha value is -2.36. The number of nitrogens with one attached hydrogen (secondary N) is 1. The highest BCUT2D eigenvalue weighted by Crippen LogP contribution is 2.22. The molecule has 3 aromatic rings. The Morgan fingerprint density at radius 1 is 1.04 bits per heavy atom. The lowest BCUT2D eigenvalue weighted by atomic mass is 10.1. The van der Waals surface area contributed by atoms with Crippen LogP contribution < -0.4 is 5.56 Å². The van der Waals surface area contributed by atoms with E-state index in [1.54, 1.807) is 36.4 Å². The number of hydrogen-bond donors (Lipinski definition) is 1. The second-order valence-corrected chi connectivity index (χ2v) is 5.81. The van der Waals surface area contributed by atoms with Gasteiger partial charge in [0.15, 0.2) is 5.78 Å². The van der Waals surface area contributed by atoms with Crippen molar-refractivity contribution in [2.24, 2.45) is 0 Å². The molecule has 0 amide bonds. The molecule has 5 heteroatoms. The second-order valence-electron chi connectivity index (χ2n) is 4.96. The first-order valence-electron chi connectivity index (χ1n) is 6.84. The van der Waals surface area contributed by atoms with Gasteiger partial charge in [0.2, 0.25) is 0 Å². The lowest BCUT2D eigenvalue weighted by molar-refractivity contribution is 0.104. The average Bonchev–Trinajstić information content (AvgIpc) is 2.53. The first kappa shape index (κ1) is 15.5. The van der Waals surface area contributed by atoms with Gasteiger partial charge in [-0.3, -0.25) is 9.59 Å². The highest BCUT2D eigenvalue weighted by molar-refractivity contribution is 6.35. The number of carbonyl (C=O) groups excluding carboxylic acids is 1. The molecule has 0 saturated heterocycles. The van der Waals surface area contributed by atoms with Gasteiger partial charge in [-0.15, -0.1) is 0 Å². The number of aromatic amines is 1. The summed E-state index contributed by atoms with van der Waals surface area (Å²) >= 11 is 11.9. The van der Waals surface area contributed by atoms with E-state index >= 15 is 0 Å². The maximum absolute atomic E-state index is 12.3. The molecule has 0 aliphatic rings. The fraction of sp³-hybridized carbons (Fsp3) is 0. The summed E-state index contributed by atoms with van der Waals surface area (Å²) in [6.45, 7) is 0. The van der Waals surface area contributed by atoms with E-state index < -0.39 is 5.56 Å². The van der Waals surface area contributed by atoms with Crippen LogP contribution in [-0.4, -0.2) is 10.8 Å². The van der Waals surface area contributed by atoms with Crippen molar-refractivity contribution in [3.8, 4) is 0 Å². The van der Waals surface area contributed by atoms with Gasteiger partial charge in [0.05, 0.1) is 5.56 Å². The van der Waals surface area contributed by atoms with Crippen LogP contribution in [0.15, 0.2) is 59.4 Å². The van der Waals surface area contributed by atoms with Crippen molar-refractivity contribution in [3.63, 3.8) is 0 Å². The Morgan fingerprint density at radius 2 is 1.83 bits per heavy atom. The predicted molar refractivity (Wildman–Crippen MR) is 94.4 cm³/mol. The van der Waals surface area contributed by atoms with Crippen LogP contribution in [0.25, 0.3) is 17.0 Å². The zero-order valence-corrected chi connectivity index (χ0v) is 13.4. The van der Waals surface area contributed by atoms with Crippen LogP contribution in [0, 0.1) is 0 Å². The van der Waals surface area contributed by atoms with Crippen LogP contribution in [0.5, 0.6) is 0 Å². The molecule has 0 spiro atoms. The SMILES string of the molecule is O=C(/C=C/c1ccc(Cl)cc1Cl)c1cc2ccccc2[nH]c1=O. The molecular weight excluding hydrogens is 333 g/mol. The maximum Gasteiger partial charge on any atom is 0.259 e. The number of aromatic nitrogens is 1. The fourth-order valence-electron chi connectivity index (χ4n) is 2.22. The molecule has 0 fully saturated rings. The number of benzene rings is 2. The number of para-hydroxylation sites is 1. The van der Waals surface area contributed by atoms with Gasteiger partial charge in [-0.2, -0.15) is 0 Å². The van der Waals surface area contributed by atoms with Crippen LogP contribution >= 0.6 is 23.2 Å². The highest BCUT2D eigenvalue weighted by atomic mass is 35.5. The number of allylic oxidation sites excluding steroid dienone is 1. The second kappa shape index (κ2) is 6.41. The molecule has 1 N–H and O–H groups in total. The van der Waals surface area contributed by atoms with Gasteiger partial charge < -0.3 is 4.98 Å². The molecule has 3 nitrogen and oxygen atoms in total. The van der Waals surface area contributed by atoms with Crippen molar-refractivity contribution in [3.05, 3.63) is 86.1 Å². The third kappa shape index (κ3) is 3.36. The summed E-state index contributed by atoms with van der Waals surface area (Å²) in [6.07, 6.45) is 2.89. The van der Waals surface area contributed by atoms with Crippen molar-refractivity contribution in [2.45, 2.75) is 0 Å². The predicted octanol–water partition coefficient (Wildman–Crippen LogP) is 4.73.